The minimum atomic E-state index is 0.682. The maximum absolute atomic E-state index is 5.87. The number of fused-ring (bicyclic) bond motifs is 1. The van der Waals surface area contributed by atoms with Gasteiger partial charge >= 0.3 is 0 Å². The molecule has 0 amide bonds. The van der Waals surface area contributed by atoms with E-state index >= 15 is 0 Å². The van der Waals surface area contributed by atoms with Crippen molar-refractivity contribution in [1.82, 2.24) is 4.98 Å². The fourth-order valence-corrected chi connectivity index (χ4v) is 3.76. The van der Waals surface area contributed by atoms with E-state index < -0.39 is 0 Å². The fraction of sp³-hybridized carbons (Fsp3) is 0.231. The Morgan fingerprint density at radius 1 is 0.759 bits per heavy atom. The molecule has 4 aromatic rings. The van der Waals surface area contributed by atoms with E-state index in [1.165, 1.54) is 33.4 Å². The number of benzene rings is 3. The molecule has 0 saturated carbocycles. The molecule has 0 aliphatic rings. The lowest BCUT2D eigenvalue weighted by Crippen LogP contribution is -2.06. The van der Waals surface area contributed by atoms with E-state index in [1.54, 1.807) is 0 Å². The van der Waals surface area contributed by atoms with Crippen LogP contribution in [0.5, 0.6) is 0 Å². The molecule has 0 bridgehead atoms. The summed E-state index contributed by atoms with van der Waals surface area (Å²) in [6, 6.07) is 29.4. The quantitative estimate of drug-likeness (QED) is 0.330. The summed E-state index contributed by atoms with van der Waals surface area (Å²) in [5.74, 6) is 0. The SMILES string of the molecule is c1ccc(COCCCc2[nH]c3ccccc3c2CCNc2ccccc2)cc1. The lowest BCUT2D eigenvalue weighted by atomic mass is 10.0. The number of anilines is 1. The molecule has 0 fully saturated rings. The summed E-state index contributed by atoms with van der Waals surface area (Å²) in [5, 5.41) is 4.87. The van der Waals surface area contributed by atoms with Crippen LogP contribution in [0.15, 0.2) is 84.9 Å². The highest BCUT2D eigenvalue weighted by atomic mass is 16.5. The van der Waals surface area contributed by atoms with E-state index in [-0.39, 0.29) is 0 Å². The Balaban J connectivity index is 1.34. The third-order valence-electron chi connectivity index (χ3n) is 5.21. The molecule has 3 heteroatoms. The van der Waals surface area contributed by atoms with Crippen LogP contribution in [0.4, 0.5) is 5.69 Å². The number of rotatable bonds is 10. The van der Waals surface area contributed by atoms with Crippen LogP contribution < -0.4 is 5.32 Å². The zero-order chi connectivity index (χ0) is 19.7. The average molecular weight is 385 g/mol. The topological polar surface area (TPSA) is 37.0 Å². The average Bonchev–Trinajstić information content (AvgIpc) is 3.12. The van der Waals surface area contributed by atoms with Gasteiger partial charge in [0.15, 0.2) is 0 Å². The molecule has 2 N–H and O–H groups in total. The number of nitrogens with one attached hydrogen (secondary N) is 2. The van der Waals surface area contributed by atoms with E-state index in [0.717, 1.165) is 32.4 Å². The summed E-state index contributed by atoms with van der Waals surface area (Å²) in [6.45, 7) is 2.37. The summed E-state index contributed by atoms with van der Waals surface area (Å²) < 4.78 is 5.87. The number of para-hydroxylation sites is 2. The molecule has 0 aliphatic heterocycles. The predicted octanol–water partition coefficient (Wildman–Crippen LogP) is 5.97. The van der Waals surface area contributed by atoms with Crippen molar-refractivity contribution in [3.8, 4) is 0 Å². The number of H-pyrrole nitrogens is 1. The first-order valence-electron chi connectivity index (χ1n) is 10.4. The van der Waals surface area contributed by atoms with Gasteiger partial charge in [-0.3, -0.25) is 0 Å². The number of aromatic amines is 1. The third-order valence-corrected chi connectivity index (χ3v) is 5.21. The van der Waals surface area contributed by atoms with E-state index in [9.17, 15) is 0 Å². The van der Waals surface area contributed by atoms with Gasteiger partial charge in [0.05, 0.1) is 6.61 Å². The van der Waals surface area contributed by atoms with Crippen molar-refractivity contribution in [1.29, 1.82) is 0 Å². The van der Waals surface area contributed by atoms with Crippen LogP contribution in [0.25, 0.3) is 10.9 Å². The molecule has 0 spiro atoms. The molecule has 0 saturated heterocycles. The second-order valence-corrected chi connectivity index (χ2v) is 7.31. The number of aromatic nitrogens is 1. The van der Waals surface area contributed by atoms with Gasteiger partial charge in [0, 0.05) is 35.4 Å². The Morgan fingerprint density at radius 2 is 1.48 bits per heavy atom. The van der Waals surface area contributed by atoms with Gasteiger partial charge in [-0.15, -0.1) is 0 Å². The molecule has 0 unspecified atom stereocenters. The van der Waals surface area contributed by atoms with Crippen LogP contribution in [0, 0.1) is 0 Å². The highest BCUT2D eigenvalue weighted by Gasteiger charge is 2.11. The van der Waals surface area contributed by atoms with E-state index in [4.69, 9.17) is 4.74 Å². The Morgan fingerprint density at radius 3 is 2.31 bits per heavy atom. The van der Waals surface area contributed by atoms with Crippen molar-refractivity contribution in [3.63, 3.8) is 0 Å². The second kappa shape index (κ2) is 9.94. The molecule has 29 heavy (non-hydrogen) atoms. The van der Waals surface area contributed by atoms with Crippen LogP contribution in [-0.2, 0) is 24.2 Å². The molecule has 148 valence electrons. The first kappa shape index (κ1) is 19.3. The lowest BCUT2D eigenvalue weighted by Gasteiger charge is -2.09. The first-order chi connectivity index (χ1) is 14.4. The molecule has 0 radical (unpaired) electrons. The van der Waals surface area contributed by atoms with Crippen LogP contribution >= 0.6 is 0 Å². The molecular formula is C26H28N2O. The minimum Gasteiger partial charge on any atom is -0.385 e. The van der Waals surface area contributed by atoms with Gasteiger partial charge in [-0.25, -0.2) is 0 Å². The van der Waals surface area contributed by atoms with Crippen molar-refractivity contribution in [2.75, 3.05) is 18.5 Å². The normalized spacial score (nSPS) is 11.0. The van der Waals surface area contributed by atoms with E-state index in [2.05, 4.69) is 83.1 Å². The molecule has 1 aromatic heterocycles. The summed E-state index contributed by atoms with van der Waals surface area (Å²) in [5.41, 5.74) is 6.38. The van der Waals surface area contributed by atoms with Crippen LogP contribution in [0.1, 0.15) is 23.2 Å². The highest BCUT2D eigenvalue weighted by Crippen LogP contribution is 2.24. The Bertz CT molecular complexity index is 1010. The Hall–Kier alpha value is -3.04. The smallest absolute Gasteiger partial charge is 0.0716 e. The minimum absolute atomic E-state index is 0.682. The highest BCUT2D eigenvalue weighted by molar-refractivity contribution is 5.84. The van der Waals surface area contributed by atoms with E-state index in [0.29, 0.717) is 6.61 Å². The predicted molar refractivity (Wildman–Crippen MR) is 121 cm³/mol. The zero-order valence-corrected chi connectivity index (χ0v) is 16.7. The molecule has 1 heterocycles. The number of hydrogen-bond acceptors (Lipinski definition) is 2. The molecule has 0 aliphatic carbocycles. The van der Waals surface area contributed by atoms with Gasteiger partial charge in [-0.1, -0.05) is 66.7 Å². The van der Waals surface area contributed by atoms with Crippen LogP contribution in [0.3, 0.4) is 0 Å². The van der Waals surface area contributed by atoms with Gasteiger partial charge in [0.25, 0.3) is 0 Å². The van der Waals surface area contributed by atoms with Crippen molar-refractivity contribution in [2.45, 2.75) is 25.9 Å². The van der Waals surface area contributed by atoms with Crippen LogP contribution in [0.2, 0.25) is 0 Å². The standard InChI is InChI=1S/C26H28N2O/c1-3-10-21(11-4-1)20-29-19-9-16-26-24(23-14-7-8-15-25(23)28-26)17-18-27-22-12-5-2-6-13-22/h1-8,10-15,27-28H,9,16-20H2. The van der Waals surface area contributed by atoms with Gasteiger partial charge < -0.3 is 15.0 Å². The first-order valence-corrected chi connectivity index (χ1v) is 10.4. The van der Waals surface area contributed by atoms with Crippen molar-refractivity contribution < 1.29 is 4.74 Å². The van der Waals surface area contributed by atoms with Crippen molar-refractivity contribution in [2.24, 2.45) is 0 Å². The molecule has 0 atom stereocenters. The number of aryl methyl sites for hydroxylation is 1. The molecule has 3 aromatic carbocycles. The van der Waals surface area contributed by atoms with Crippen molar-refractivity contribution >= 4 is 16.6 Å². The number of ether oxygens (including phenoxy) is 1. The molecular weight excluding hydrogens is 356 g/mol. The zero-order valence-electron chi connectivity index (χ0n) is 16.7. The van der Waals surface area contributed by atoms with Gasteiger partial charge in [0.1, 0.15) is 0 Å². The summed E-state index contributed by atoms with van der Waals surface area (Å²) >= 11 is 0. The maximum atomic E-state index is 5.87. The largest absolute Gasteiger partial charge is 0.385 e. The monoisotopic (exact) mass is 384 g/mol. The number of hydrogen-bond donors (Lipinski definition) is 2. The molecule has 4 rings (SSSR count). The third kappa shape index (κ3) is 5.27. The van der Waals surface area contributed by atoms with Crippen LogP contribution in [-0.4, -0.2) is 18.1 Å². The molecule has 3 nitrogen and oxygen atoms in total. The summed E-state index contributed by atoms with van der Waals surface area (Å²) in [4.78, 5) is 3.64. The van der Waals surface area contributed by atoms with Gasteiger partial charge in [0.2, 0.25) is 0 Å². The summed E-state index contributed by atoms with van der Waals surface area (Å²) in [7, 11) is 0. The lowest BCUT2D eigenvalue weighted by molar-refractivity contribution is 0.118. The van der Waals surface area contributed by atoms with Crippen molar-refractivity contribution in [3.05, 3.63) is 102 Å². The Kier molecular flexibility index (Phi) is 6.61. The Labute approximate surface area is 172 Å². The second-order valence-electron chi connectivity index (χ2n) is 7.31. The fourth-order valence-electron chi connectivity index (χ4n) is 3.76. The van der Waals surface area contributed by atoms with Gasteiger partial charge in [-0.2, -0.15) is 0 Å². The van der Waals surface area contributed by atoms with E-state index in [1.807, 2.05) is 12.1 Å². The summed E-state index contributed by atoms with van der Waals surface area (Å²) in [6.07, 6.45) is 3.02. The maximum Gasteiger partial charge on any atom is 0.0716 e. The van der Waals surface area contributed by atoms with Gasteiger partial charge in [-0.05, 0) is 48.6 Å².